The molecule has 64 valence electrons. The van der Waals surface area contributed by atoms with Gasteiger partial charge < -0.3 is 9.52 Å². The van der Waals surface area contributed by atoms with Crippen molar-refractivity contribution in [2.24, 2.45) is 5.92 Å². The van der Waals surface area contributed by atoms with Gasteiger partial charge in [-0.2, -0.15) is 5.26 Å². The molecule has 1 heterocycles. The third-order valence-corrected chi connectivity index (χ3v) is 1.73. The van der Waals surface area contributed by atoms with Crippen LogP contribution in [0.3, 0.4) is 0 Å². The molecule has 0 aliphatic heterocycles. The lowest BCUT2D eigenvalue weighted by atomic mass is 10.1. The second-order valence-corrected chi connectivity index (χ2v) is 2.81. The Balaban J connectivity index is 2.79. The molecule has 0 saturated heterocycles. The number of hydrogen-bond donors (Lipinski definition) is 1. The minimum absolute atomic E-state index is 0.435. The molecule has 3 nitrogen and oxygen atoms in total. The average molecular weight is 165 g/mol. The van der Waals surface area contributed by atoms with E-state index in [-0.39, 0.29) is 0 Å². The van der Waals surface area contributed by atoms with Crippen LogP contribution in [0.2, 0.25) is 0 Å². The van der Waals surface area contributed by atoms with E-state index in [1.807, 2.05) is 6.07 Å². The van der Waals surface area contributed by atoms with E-state index < -0.39 is 12.0 Å². The normalized spacial score (nSPS) is 15.2. The van der Waals surface area contributed by atoms with Gasteiger partial charge in [0, 0.05) is 0 Å². The van der Waals surface area contributed by atoms with Gasteiger partial charge in [-0.25, -0.2) is 0 Å². The molecule has 2 atom stereocenters. The number of furan rings is 1. The van der Waals surface area contributed by atoms with Crippen LogP contribution in [0.15, 0.2) is 16.5 Å². The molecule has 1 aromatic heterocycles. The first kappa shape index (κ1) is 8.82. The summed E-state index contributed by atoms with van der Waals surface area (Å²) < 4.78 is 5.17. The molecule has 0 radical (unpaired) electrons. The van der Waals surface area contributed by atoms with Crippen molar-refractivity contribution in [2.45, 2.75) is 20.0 Å². The molecule has 1 aromatic rings. The van der Waals surface area contributed by atoms with Crippen LogP contribution in [-0.2, 0) is 0 Å². The van der Waals surface area contributed by atoms with Crippen molar-refractivity contribution in [3.05, 3.63) is 23.7 Å². The molecule has 0 aliphatic carbocycles. The summed E-state index contributed by atoms with van der Waals surface area (Å²) in [6, 6.07) is 5.42. The molecule has 1 N–H and O–H groups in total. The fraction of sp³-hybridized carbons (Fsp3) is 0.444. The van der Waals surface area contributed by atoms with Crippen molar-refractivity contribution >= 4 is 0 Å². The van der Waals surface area contributed by atoms with Crippen LogP contribution in [0.25, 0.3) is 0 Å². The van der Waals surface area contributed by atoms with E-state index in [0.717, 1.165) is 5.76 Å². The van der Waals surface area contributed by atoms with Gasteiger partial charge in [0.05, 0.1) is 12.0 Å². The summed E-state index contributed by atoms with van der Waals surface area (Å²) in [7, 11) is 0. The van der Waals surface area contributed by atoms with Gasteiger partial charge in [-0.15, -0.1) is 0 Å². The van der Waals surface area contributed by atoms with Gasteiger partial charge in [0.1, 0.15) is 17.6 Å². The maximum absolute atomic E-state index is 9.49. The Morgan fingerprint density at radius 3 is 2.67 bits per heavy atom. The number of hydrogen-bond acceptors (Lipinski definition) is 3. The largest absolute Gasteiger partial charge is 0.464 e. The third kappa shape index (κ3) is 1.66. The SMILES string of the molecule is Cc1ccc(C(O)C(C)C#N)o1. The third-order valence-electron chi connectivity index (χ3n) is 1.73. The van der Waals surface area contributed by atoms with Crippen molar-refractivity contribution in [3.63, 3.8) is 0 Å². The zero-order valence-corrected chi connectivity index (χ0v) is 7.11. The molecule has 0 bridgehead atoms. The molecule has 0 spiro atoms. The van der Waals surface area contributed by atoms with Crippen LogP contribution in [0.1, 0.15) is 24.5 Å². The summed E-state index contributed by atoms with van der Waals surface area (Å²) in [6.45, 7) is 3.45. The second-order valence-electron chi connectivity index (χ2n) is 2.81. The number of aliphatic hydroxyl groups is 1. The smallest absolute Gasteiger partial charge is 0.133 e. The Kier molecular flexibility index (Phi) is 2.51. The van der Waals surface area contributed by atoms with Gasteiger partial charge in [-0.1, -0.05) is 0 Å². The van der Waals surface area contributed by atoms with E-state index in [4.69, 9.17) is 9.68 Å². The van der Waals surface area contributed by atoms with Gasteiger partial charge in [-0.05, 0) is 26.0 Å². The van der Waals surface area contributed by atoms with Crippen LogP contribution in [-0.4, -0.2) is 5.11 Å². The lowest BCUT2D eigenvalue weighted by Gasteiger charge is -2.08. The number of aliphatic hydroxyl groups excluding tert-OH is 1. The standard InChI is InChI=1S/C9H11NO2/c1-6(5-10)9(11)8-4-3-7(2)12-8/h3-4,6,9,11H,1-2H3. The molecule has 12 heavy (non-hydrogen) atoms. The predicted octanol–water partition coefficient (Wildman–Crippen LogP) is 1.78. The highest BCUT2D eigenvalue weighted by molar-refractivity contribution is 5.10. The monoisotopic (exact) mass is 165 g/mol. The predicted molar refractivity (Wildman–Crippen MR) is 43.2 cm³/mol. The van der Waals surface area contributed by atoms with Crippen LogP contribution >= 0.6 is 0 Å². The van der Waals surface area contributed by atoms with E-state index in [0.29, 0.717) is 5.76 Å². The fourth-order valence-electron chi connectivity index (χ4n) is 0.929. The van der Waals surface area contributed by atoms with E-state index in [2.05, 4.69) is 0 Å². The molecule has 0 aromatic carbocycles. The highest BCUT2D eigenvalue weighted by Gasteiger charge is 2.18. The van der Waals surface area contributed by atoms with Crippen molar-refractivity contribution in [2.75, 3.05) is 0 Å². The fourth-order valence-corrected chi connectivity index (χ4v) is 0.929. The lowest BCUT2D eigenvalue weighted by Crippen LogP contribution is -2.05. The maximum atomic E-state index is 9.49. The number of nitrogens with zero attached hydrogens (tertiary/aromatic N) is 1. The van der Waals surface area contributed by atoms with Crippen molar-refractivity contribution in [1.82, 2.24) is 0 Å². The van der Waals surface area contributed by atoms with Crippen LogP contribution < -0.4 is 0 Å². The molecule has 0 saturated carbocycles. The van der Waals surface area contributed by atoms with Crippen molar-refractivity contribution in [3.8, 4) is 6.07 Å². The van der Waals surface area contributed by atoms with Crippen LogP contribution in [0, 0.1) is 24.2 Å². The summed E-state index contributed by atoms with van der Waals surface area (Å²) in [5, 5.41) is 18.0. The molecule has 1 rings (SSSR count). The van der Waals surface area contributed by atoms with Crippen LogP contribution in [0.4, 0.5) is 0 Å². The van der Waals surface area contributed by atoms with Gasteiger partial charge >= 0.3 is 0 Å². The highest BCUT2D eigenvalue weighted by Crippen LogP contribution is 2.22. The van der Waals surface area contributed by atoms with Crippen molar-refractivity contribution < 1.29 is 9.52 Å². The Bertz CT molecular complexity index is 298. The highest BCUT2D eigenvalue weighted by atomic mass is 16.4. The van der Waals surface area contributed by atoms with Gasteiger partial charge in [0.25, 0.3) is 0 Å². The Morgan fingerprint density at radius 1 is 1.58 bits per heavy atom. The number of rotatable bonds is 2. The van der Waals surface area contributed by atoms with E-state index in [9.17, 15) is 5.11 Å². The first-order chi connectivity index (χ1) is 5.65. The molecule has 0 fully saturated rings. The number of nitriles is 1. The molecular formula is C9H11NO2. The zero-order chi connectivity index (χ0) is 9.14. The first-order valence-electron chi connectivity index (χ1n) is 3.79. The van der Waals surface area contributed by atoms with E-state index in [1.54, 1.807) is 26.0 Å². The lowest BCUT2D eigenvalue weighted by molar-refractivity contribution is 0.116. The summed E-state index contributed by atoms with van der Waals surface area (Å²) >= 11 is 0. The zero-order valence-electron chi connectivity index (χ0n) is 7.11. The topological polar surface area (TPSA) is 57.2 Å². The van der Waals surface area contributed by atoms with Gasteiger partial charge in [0.2, 0.25) is 0 Å². The summed E-state index contributed by atoms with van der Waals surface area (Å²) in [4.78, 5) is 0. The molecule has 3 heteroatoms. The Hall–Kier alpha value is -1.27. The summed E-state index contributed by atoms with van der Waals surface area (Å²) in [5.41, 5.74) is 0. The molecular weight excluding hydrogens is 154 g/mol. The molecule has 2 unspecified atom stereocenters. The maximum Gasteiger partial charge on any atom is 0.133 e. The molecule has 0 amide bonds. The average Bonchev–Trinajstić information content (AvgIpc) is 2.49. The summed E-state index contributed by atoms with van der Waals surface area (Å²) in [6.07, 6.45) is -0.816. The van der Waals surface area contributed by atoms with Crippen molar-refractivity contribution in [1.29, 1.82) is 5.26 Å². The quantitative estimate of drug-likeness (QED) is 0.726. The minimum Gasteiger partial charge on any atom is -0.464 e. The van der Waals surface area contributed by atoms with Crippen LogP contribution in [0.5, 0.6) is 0 Å². The number of aryl methyl sites for hydroxylation is 1. The van der Waals surface area contributed by atoms with Gasteiger partial charge in [-0.3, -0.25) is 0 Å². The Morgan fingerprint density at radius 2 is 2.25 bits per heavy atom. The summed E-state index contributed by atoms with van der Waals surface area (Å²) in [5.74, 6) is 0.770. The Labute approximate surface area is 71.2 Å². The van der Waals surface area contributed by atoms with E-state index in [1.165, 1.54) is 0 Å². The second kappa shape index (κ2) is 3.42. The van der Waals surface area contributed by atoms with Gasteiger partial charge in [0.15, 0.2) is 0 Å². The van der Waals surface area contributed by atoms with E-state index >= 15 is 0 Å². The minimum atomic E-state index is -0.816. The molecule has 0 aliphatic rings. The first-order valence-corrected chi connectivity index (χ1v) is 3.79.